The average Bonchev–Trinajstić information content (AvgIpc) is 2.44. The molecule has 110 valence electrons. The lowest BCUT2D eigenvalue weighted by Crippen LogP contribution is -2.19. The van der Waals surface area contributed by atoms with Crippen LogP contribution in [0.1, 0.15) is 18.1 Å². The van der Waals surface area contributed by atoms with Gasteiger partial charge in [0.05, 0.1) is 5.56 Å². The Hall–Kier alpha value is -2.30. The molecule has 0 aliphatic heterocycles. The maximum absolute atomic E-state index is 13.1. The van der Waals surface area contributed by atoms with Crippen LogP contribution in [0.3, 0.4) is 0 Å². The number of halogens is 3. The molecule has 0 saturated carbocycles. The third-order valence-electron chi connectivity index (χ3n) is 3.02. The summed E-state index contributed by atoms with van der Waals surface area (Å²) in [5.41, 5.74) is 0.554. The minimum Gasteiger partial charge on any atom is -0.352 e. The molecule has 5 heteroatoms. The van der Waals surface area contributed by atoms with Gasteiger partial charge in [-0.3, -0.25) is 4.79 Å². The van der Waals surface area contributed by atoms with Gasteiger partial charge in [-0.25, -0.2) is 0 Å². The van der Waals surface area contributed by atoms with Crippen molar-refractivity contribution in [1.82, 2.24) is 5.32 Å². The van der Waals surface area contributed by atoms with E-state index in [1.807, 2.05) is 0 Å². The third kappa shape index (κ3) is 3.84. The number of amides is 1. The van der Waals surface area contributed by atoms with E-state index < -0.39 is 11.7 Å². The summed E-state index contributed by atoms with van der Waals surface area (Å²) in [5, 5.41) is 2.58. The molecule has 2 rings (SSSR count). The van der Waals surface area contributed by atoms with Gasteiger partial charge in [0.25, 0.3) is 0 Å². The standard InChI is InChI=1S/C16H14F3NO/c1-11(21)20-10-12-7-8-15(16(17,18)19)14(9-12)13-5-3-2-4-6-13/h2-9H,10H2,1H3,(H,20,21). The first-order valence-corrected chi connectivity index (χ1v) is 6.38. The molecule has 0 aliphatic carbocycles. The predicted molar refractivity (Wildman–Crippen MR) is 74.4 cm³/mol. The SMILES string of the molecule is CC(=O)NCc1ccc(C(F)(F)F)c(-c2ccccc2)c1. The number of hydrogen-bond acceptors (Lipinski definition) is 1. The summed E-state index contributed by atoms with van der Waals surface area (Å²) in [7, 11) is 0. The molecule has 0 atom stereocenters. The molecule has 1 amide bonds. The highest BCUT2D eigenvalue weighted by atomic mass is 19.4. The Morgan fingerprint density at radius 2 is 1.76 bits per heavy atom. The minimum atomic E-state index is -4.42. The van der Waals surface area contributed by atoms with Crippen molar-refractivity contribution in [2.45, 2.75) is 19.6 Å². The van der Waals surface area contributed by atoms with Crippen molar-refractivity contribution in [3.63, 3.8) is 0 Å². The fourth-order valence-corrected chi connectivity index (χ4v) is 2.03. The van der Waals surface area contributed by atoms with E-state index in [4.69, 9.17) is 0 Å². The van der Waals surface area contributed by atoms with E-state index in [-0.39, 0.29) is 18.0 Å². The second-order valence-corrected chi connectivity index (χ2v) is 4.65. The first-order valence-electron chi connectivity index (χ1n) is 6.38. The molecular weight excluding hydrogens is 279 g/mol. The van der Waals surface area contributed by atoms with Crippen molar-refractivity contribution in [2.24, 2.45) is 0 Å². The van der Waals surface area contributed by atoms with Crippen LogP contribution in [0.25, 0.3) is 11.1 Å². The van der Waals surface area contributed by atoms with Crippen LogP contribution in [0.4, 0.5) is 13.2 Å². The fraction of sp³-hybridized carbons (Fsp3) is 0.188. The van der Waals surface area contributed by atoms with Gasteiger partial charge in [-0.15, -0.1) is 0 Å². The first kappa shape index (κ1) is 15.1. The Balaban J connectivity index is 2.47. The molecular formula is C16H14F3NO. The summed E-state index contributed by atoms with van der Waals surface area (Å²) in [5.74, 6) is -0.226. The van der Waals surface area contributed by atoms with E-state index in [9.17, 15) is 18.0 Å². The molecule has 0 heterocycles. The van der Waals surface area contributed by atoms with Crippen molar-refractivity contribution in [1.29, 1.82) is 0 Å². The van der Waals surface area contributed by atoms with E-state index in [0.717, 1.165) is 6.07 Å². The zero-order chi connectivity index (χ0) is 15.5. The number of alkyl halides is 3. The van der Waals surface area contributed by atoms with Crippen LogP contribution in [0, 0.1) is 0 Å². The zero-order valence-corrected chi connectivity index (χ0v) is 11.4. The Morgan fingerprint density at radius 1 is 1.10 bits per heavy atom. The van der Waals surface area contributed by atoms with E-state index in [1.165, 1.54) is 19.1 Å². The molecule has 0 fully saturated rings. The van der Waals surface area contributed by atoms with E-state index in [0.29, 0.717) is 11.1 Å². The minimum absolute atomic E-state index is 0.117. The highest BCUT2D eigenvalue weighted by Crippen LogP contribution is 2.37. The van der Waals surface area contributed by atoms with Crippen LogP contribution in [0.5, 0.6) is 0 Å². The van der Waals surface area contributed by atoms with E-state index in [1.54, 1.807) is 30.3 Å². The van der Waals surface area contributed by atoms with Gasteiger partial charge in [-0.1, -0.05) is 36.4 Å². The summed E-state index contributed by atoms with van der Waals surface area (Å²) >= 11 is 0. The number of rotatable bonds is 3. The Morgan fingerprint density at radius 3 is 2.33 bits per heavy atom. The molecule has 0 unspecified atom stereocenters. The summed E-state index contributed by atoms with van der Waals surface area (Å²) in [6.45, 7) is 1.56. The van der Waals surface area contributed by atoms with Gasteiger partial charge in [0, 0.05) is 13.5 Å². The maximum atomic E-state index is 13.1. The van der Waals surface area contributed by atoms with Crippen molar-refractivity contribution >= 4 is 5.91 Å². The Labute approximate surface area is 120 Å². The number of nitrogens with one attached hydrogen (secondary N) is 1. The van der Waals surface area contributed by atoms with Crippen LogP contribution in [-0.4, -0.2) is 5.91 Å². The van der Waals surface area contributed by atoms with Gasteiger partial charge in [0.1, 0.15) is 0 Å². The van der Waals surface area contributed by atoms with Gasteiger partial charge in [-0.2, -0.15) is 13.2 Å². The Bertz CT molecular complexity index is 636. The van der Waals surface area contributed by atoms with Crippen molar-refractivity contribution in [2.75, 3.05) is 0 Å². The monoisotopic (exact) mass is 293 g/mol. The normalized spacial score (nSPS) is 11.2. The van der Waals surface area contributed by atoms with Crippen molar-refractivity contribution in [3.05, 3.63) is 59.7 Å². The maximum Gasteiger partial charge on any atom is 0.417 e. The number of carbonyl (C=O) groups excluding carboxylic acids is 1. The van der Waals surface area contributed by atoms with Gasteiger partial charge in [-0.05, 0) is 28.8 Å². The van der Waals surface area contributed by atoms with Crippen LogP contribution < -0.4 is 5.32 Å². The predicted octanol–water partition coefficient (Wildman–Crippen LogP) is 4.01. The fourth-order valence-electron chi connectivity index (χ4n) is 2.03. The quantitative estimate of drug-likeness (QED) is 0.910. The van der Waals surface area contributed by atoms with Gasteiger partial charge >= 0.3 is 6.18 Å². The lowest BCUT2D eigenvalue weighted by atomic mass is 9.97. The topological polar surface area (TPSA) is 29.1 Å². The molecule has 0 aliphatic rings. The largest absolute Gasteiger partial charge is 0.417 e. The summed E-state index contributed by atoms with van der Waals surface area (Å²) in [6, 6.07) is 12.3. The summed E-state index contributed by atoms with van der Waals surface area (Å²) < 4.78 is 39.3. The van der Waals surface area contributed by atoms with Gasteiger partial charge in [0.2, 0.25) is 5.91 Å². The molecule has 1 N–H and O–H groups in total. The van der Waals surface area contributed by atoms with Crippen LogP contribution in [0.2, 0.25) is 0 Å². The molecule has 0 saturated heterocycles. The lowest BCUT2D eigenvalue weighted by molar-refractivity contribution is -0.137. The highest BCUT2D eigenvalue weighted by Gasteiger charge is 2.33. The molecule has 2 aromatic rings. The lowest BCUT2D eigenvalue weighted by Gasteiger charge is -2.15. The third-order valence-corrected chi connectivity index (χ3v) is 3.02. The number of hydrogen-bond donors (Lipinski definition) is 1. The molecule has 0 aromatic heterocycles. The first-order chi connectivity index (χ1) is 9.88. The Kier molecular flexibility index (Phi) is 4.31. The summed E-state index contributed by atoms with van der Waals surface area (Å²) in [4.78, 5) is 10.9. The molecule has 2 aromatic carbocycles. The van der Waals surface area contributed by atoms with Crippen LogP contribution in [0.15, 0.2) is 48.5 Å². The zero-order valence-electron chi connectivity index (χ0n) is 11.4. The second kappa shape index (κ2) is 5.99. The smallest absolute Gasteiger partial charge is 0.352 e. The van der Waals surface area contributed by atoms with Crippen molar-refractivity contribution in [3.8, 4) is 11.1 Å². The van der Waals surface area contributed by atoms with Crippen LogP contribution in [-0.2, 0) is 17.5 Å². The molecule has 0 bridgehead atoms. The van der Waals surface area contributed by atoms with Gasteiger partial charge < -0.3 is 5.32 Å². The van der Waals surface area contributed by atoms with E-state index in [2.05, 4.69) is 5.32 Å². The van der Waals surface area contributed by atoms with Crippen LogP contribution >= 0.6 is 0 Å². The van der Waals surface area contributed by atoms with Crippen molar-refractivity contribution < 1.29 is 18.0 Å². The van der Waals surface area contributed by atoms with E-state index >= 15 is 0 Å². The molecule has 21 heavy (non-hydrogen) atoms. The van der Waals surface area contributed by atoms with Gasteiger partial charge in [0.15, 0.2) is 0 Å². The highest BCUT2D eigenvalue weighted by molar-refractivity contribution is 5.73. The second-order valence-electron chi connectivity index (χ2n) is 4.65. The molecule has 0 radical (unpaired) electrons. The number of benzene rings is 2. The molecule has 0 spiro atoms. The summed E-state index contributed by atoms with van der Waals surface area (Å²) in [6.07, 6.45) is -4.42. The molecule has 2 nitrogen and oxygen atoms in total. The number of carbonyl (C=O) groups is 1. The average molecular weight is 293 g/mol.